The summed E-state index contributed by atoms with van der Waals surface area (Å²) >= 11 is 1.24. The first kappa shape index (κ1) is 19.4. The molecular weight excluding hydrogens is 394 g/mol. The summed E-state index contributed by atoms with van der Waals surface area (Å²) < 4.78 is 54.1. The third-order valence-corrected chi connectivity index (χ3v) is 9.19. The van der Waals surface area contributed by atoms with E-state index in [4.69, 9.17) is 0 Å². The molecular formula is C16H21N3O4S3. The van der Waals surface area contributed by atoms with Crippen LogP contribution in [0.2, 0.25) is 0 Å². The van der Waals surface area contributed by atoms with Crippen LogP contribution in [0.15, 0.2) is 45.8 Å². The molecule has 0 atom stereocenters. The molecule has 1 fully saturated rings. The minimum absolute atomic E-state index is 0.117. The fourth-order valence-corrected chi connectivity index (χ4v) is 6.74. The molecule has 2 aromatic heterocycles. The number of thiophene rings is 1. The number of piperidine rings is 1. The summed E-state index contributed by atoms with van der Waals surface area (Å²) in [7, 11) is -7.03. The zero-order valence-corrected chi connectivity index (χ0v) is 16.8. The van der Waals surface area contributed by atoms with Gasteiger partial charge in [-0.1, -0.05) is 0 Å². The minimum atomic E-state index is -3.54. The largest absolute Gasteiger partial charge is 0.263 e. The maximum absolute atomic E-state index is 12.6. The van der Waals surface area contributed by atoms with Gasteiger partial charge in [0, 0.05) is 36.9 Å². The molecule has 1 aliphatic rings. The van der Waals surface area contributed by atoms with Gasteiger partial charge in [-0.3, -0.25) is 4.98 Å². The summed E-state index contributed by atoms with van der Waals surface area (Å²) in [5, 5.41) is 0. The van der Waals surface area contributed by atoms with Crippen LogP contribution in [0.1, 0.15) is 17.7 Å². The minimum Gasteiger partial charge on any atom is -0.263 e. The maximum atomic E-state index is 12.6. The van der Waals surface area contributed by atoms with E-state index in [-0.39, 0.29) is 10.8 Å². The van der Waals surface area contributed by atoms with Crippen LogP contribution in [0.5, 0.6) is 0 Å². The van der Waals surface area contributed by atoms with E-state index >= 15 is 0 Å². The van der Waals surface area contributed by atoms with E-state index in [2.05, 4.69) is 9.71 Å². The summed E-state index contributed by atoms with van der Waals surface area (Å²) in [6.07, 6.45) is 4.11. The van der Waals surface area contributed by atoms with Crippen LogP contribution in [0.3, 0.4) is 0 Å². The van der Waals surface area contributed by atoms with Crippen LogP contribution in [-0.2, 0) is 20.0 Å². The molecule has 0 bridgehead atoms. The van der Waals surface area contributed by atoms with E-state index in [1.54, 1.807) is 18.2 Å². The molecule has 0 amide bonds. The standard InChI is InChI=1S/C16H21N3O4S3/c1-13-4-5-16(24-13)25(20,21)18-11-14-6-9-19(10-7-14)26(22,23)15-3-2-8-17-12-15/h2-5,8,12,14,18H,6-7,9-11H2,1H3. The lowest BCUT2D eigenvalue weighted by Crippen LogP contribution is -2.41. The van der Waals surface area contributed by atoms with Gasteiger partial charge in [-0.25, -0.2) is 21.6 Å². The van der Waals surface area contributed by atoms with Crippen molar-refractivity contribution in [2.75, 3.05) is 19.6 Å². The van der Waals surface area contributed by atoms with Crippen molar-refractivity contribution in [2.24, 2.45) is 5.92 Å². The number of pyridine rings is 1. The van der Waals surface area contributed by atoms with Crippen molar-refractivity contribution < 1.29 is 16.8 Å². The van der Waals surface area contributed by atoms with Crippen molar-refractivity contribution in [1.82, 2.24) is 14.0 Å². The van der Waals surface area contributed by atoms with Crippen LogP contribution in [0, 0.1) is 12.8 Å². The highest BCUT2D eigenvalue weighted by Crippen LogP contribution is 2.24. The normalized spacial score (nSPS) is 17.4. The van der Waals surface area contributed by atoms with Gasteiger partial charge in [-0.2, -0.15) is 4.31 Å². The summed E-state index contributed by atoms with van der Waals surface area (Å²) in [5.41, 5.74) is 0. The second-order valence-corrected chi connectivity index (χ2v) is 11.5. The number of hydrogen-bond donors (Lipinski definition) is 1. The van der Waals surface area contributed by atoms with Gasteiger partial charge in [0.1, 0.15) is 9.10 Å². The summed E-state index contributed by atoms with van der Waals surface area (Å²) in [6.45, 7) is 2.94. The SMILES string of the molecule is Cc1ccc(S(=O)(=O)NCC2CCN(S(=O)(=O)c3cccnc3)CC2)s1. The quantitative estimate of drug-likeness (QED) is 0.776. The molecule has 1 N–H and O–H groups in total. The van der Waals surface area contributed by atoms with E-state index in [1.165, 1.54) is 34.1 Å². The highest BCUT2D eigenvalue weighted by atomic mass is 32.2. The van der Waals surface area contributed by atoms with Gasteiger partial charge in [-0.05, 0) is 49.9 Å². The number of nitrogens with one attached hydrogen (secondary N) is 1. The van der Waals surface area contributed by atoms with Crippen molar-refractivity contribution in [3.05, 3.63) is 41.5 Å². The van der Waals surface area contributed by atoms with Crippen molar-refractivity contribution >= 4 is 31.4 Å². The lowest BCUT2D eigenvalue weighted by molar-refractivity contribution is 0.274. The van der Waals surface area contributed by atoms with Crippen LogP contribution in [0.4, 0.5) is 0 Å². The van der Waals surface area contributed by atoms with Crippen LogP contribution in [-0.4, -0.2) is 45.8 Å². The molecule has 0 saturated carbocycles. The predicted molar refractivity (Wildman–Crippen MR) is 100.0 cm³/mol. The molecule has 142 valence electrons. The van der Waals surface area contributed by atoms with Gasteiger partial charge in [0.2, 0.25) is 20.0 Å². The Balaban J connectivity index is 1.56. The first-order valence-electron chi connectivity index (χ1n) is 8.25. The molecule has 0 aliphatic carbocycles. The monoisotopic (exact) mass is 415 g/mol. The number of hydrogen-bond acceptors (Lipinski definition) is 6. The van der Waals surface area contributed by atoms with Gasteiger partial charge in [-0.15, -0.1) is 11.3 Å². The second kappa shape index (κ2) is 7.73. The fourth-order valence-electron chi connectivity index (χ4n) is 2.86. The Morgan fingerprint density at radius 2 is 1.92 bits per heavy atom. The first-order valence-corrected chi connectivity index (χ1v) is 12.0. The Morgan fingerprint density at radius 1 is 1.19 bits per heavy atom. The number of nitrogens with zero attached hydrogens (tertiary/aromatic N) is 2. The number of sulfonamides is 2. The molecule has 1 saturated heterocycles. The number of aryl methyl sites for hydroxylation is 1. The van der Waals surface area contributed by atoms with Crippen molar-refractivity contribution in [3.63, 3.8) is 0 Å². The Morgan fingerprint density at radius 3 is 2.50 bits per heavy atom. The van der Waals surface area contributed by atoms with Gasteiger partial charge < -0.3 is 0 Å². The Kier molecular flexibility index (Phi) is 5.78. The number of aromatic nitrogens is 1. The molecule has 1 aliphatic heterocycles. The van der Waals surface area contributed by atoms with Crippen LogP contribution in [0.25, 0.3) is 0 Å². The maximum Gasteiger partial charge on any atom is 0.250 e. The van der Waals surface area contributed by atoms with Gasteiger partial charge in [0.25, 0.3) is 0 Å². The van der Waals surface area contributed by atoms with E-state index in [0.29, 0.717) is 36.7 Å². The van der Waals surface area contributed by atoms with E-state index in [1.807, 2.05) is 6.92 Å². The Labute approximate surface area is 158 Å². The molecule has 0 radical (unpaired) electrons. The van der Waals surface area contributed by atoms with E-state index in [0.717, 1.165) is 4.88 Å². The molecule has 3 heterocycles. The van der Waals surface area contributed by atoms with Crippen molar-refractivity contribution in [3.8, 4) is 0 Å². The average molecular weight is 416 g/mol. The molecule has 26 heavy (non-hydrogen) atoms. The summed E-state index contributed by atoms with van der Waals surface area (Å²) in [6, 6.07) is 6.51. The highest BCUT2D eigenvalue weighted by Gasteiger charge is 2.30. The zero-order chi connectivity index (χ0) is 18.8. The van der Waals surface area contributed by atoms with Crippen molar-refractivity contribution in [1.29, 1.82) is 0 Å². The number of rotatable bonds is 6. The second-order valence-electron chi connectivity index (χ2n) is 6.25. The van der Waals surface area contributed by atoms with Crippen LogP contribution >= 0.6 is 11.3 Å². The summed E-state index contributed by atoms with van der Waals surface area (Å²) in [5.74, 6) is 0.117. The smallest absolute Gasteiger partial charge is 0.250 e. The lowest BCUT2D eigenvalue weighted by atomic mass is 9.99. The predicted octanol–water partition coefficient (Wildman–Crippen LogP) is 1.83. The Bertz CT molecular complexity index is 948. The van der Waals surface area contributed by atoms with Crippen LogP contribution < -0.4 is 4.72 Å². The fraction of sp³-hybridized carbons (Fsp3) is 0.438. The van der Waals surface area contributed by atoms with Gasteiger partial charge in [0.15, 0.2) is 0 Å². The molecule has 0 spiro atoms. The average Bonchev–Trinajstić information content (AvgIpc) is 3.09. The summed E-state index contributed by atoms with van der Waals surface area (Å²) in [4.78, 5) is 5.00. The van der Waals surface area contributed by atoms with Gasteiger partial charge >= 0.3 is 0 Å². The molecule has 0 unspecified atom stereocenters. The Hall–Kier alpha value is -1.33. The van der Waals surface area contributed by atoms with Crippen molar-refractivity contribution in [2.45, 2.75) is 28.9 Å². The lowest BCUT2D eigenvalue weighted by Gasteiger charge is -2.31. The first-order chi connectivity index (χ1) is 12.3. The van der Waals surface area contributed by atoms with E-state index < -0.39 is 20.0 Å². The molecule has 2 aromatic rings. The topological polar surface area (TPSA) is 96.4 Å². The third kappa shape index (κ3) is 4.32. The van der Waals surface area contributed by atoms with Gasteiger partial charge in [0.05, 0.1) is 0 Å². The van der Waals surface area contributed by atoms with E-state index in [9.17, 15) is 16.8 Å². The molecule has 7 nitrogen and oxygen atoms in total. The highest BCUT2D eigenvalue weighted by molar-refractivity contribution is 7.91. The zero-order valence-electron chi connectivity index (χ0n) is 14.3. The molecule has 0 aromatic carbocycles. The molecule has 3 rings (SSSR count). The molecule has 10 heteroatoms. The third-order valence-electron chi connectivity index (χ3n) is 4.39.